The zero-order valence-corrected chi connectivity index (χ0v) is 9.75. The van der Waals surface area contributed by atoms with Crippen molar-refractivity contribution in [2.75, 3.05) is 7.11 Å². The van der Waals surface area contributed by atoms with Gasteiger partial charge in [-0.05, 0) is 12.1 Å². The molecule has 92 valence electrons. The highest BCUT2D eigenvalue weighted by Crippen LogP contribution is 2.35. The Morgan fingerprint density at radius 1 is 1.22 bits per heavy atom. The van der Waals surface area contributed by atoms with E-state index in [1.54, 1.807) is 24.3 Å². The number of fused-ring (bicyclic) bond motifs is 1. The first-order valence-electron chi connectivity index (χ1n) is 5.33. The summed E-state index contributed by atoms with van der Waals surface area (Å²) in [6, 6.07) is 8.33. The minimum Gasteiger partial charge on any atom is -0.507 e. The zero-order valence-electron chi connectivity index (χ0n) is 9.75. The van der Waals surface area contributed by atoms with Gasteiger partial charge in [0.1, 0.15) is 11.5 Å². The smallest absolute Gasteiger partial charge is 0.330 e. The van der Waals surface area contributed by atoms with E-state index < -0.39 is 5.97 Å². The number of aromatic hydroxyl groups is 2. The van der Waals surface area contributed by atoms with Crippen LogP contribution in [-0.4, -0.2) is 23.3 Å². The van der Waals surface area contributed by atoms with Gasteiger partial charge in [-0.1, -0.05) is 24.3 Å². The highest BCUT2D eigenvalue weighted by atomic mass is 16.5. The molecule has 0 aliphatic carbocycles. The van der Waals surface area contributed by atoms with Gasteiger partial charge in [0.05, 0.1) is 7.11 Å². The second-order valence-corrected chi connectivity index (χ2v) is 3.74. The minimum atomic E-state index is -0.526. The molecule has 4 nitrogen and oxygen atoms in total. The van der Waals surface area contributed by atoms with Crippen molar-refractivity contribution in [3.63, 3.8) is 0 Å². The standard InChI is InChI=1S/C14H12O4/c1-18-13(16)7-6-9-8-12(15)10-4-2-3-5-11(10)14(9)17/h2-8,15,17H,1H3. The maximum absolute atomic E-state index is 11.0. The van der Waals surface area contributed by atoms with Gasteiger partial charge < -0.3 is 14.9 Å². The number of hydrogen-bond acceptors (Lipinski definition) is 4. The van der Waals surface area contributed by atoms with Crippen molar-refractivity contribution in [1.82, 2.24) is 0 Å². The molecule has 0 amide bonds. The van der Waals surface area contributed by atoms with Crippen molar-refractivity contribution in [3.8, 4) is 11.5 Å². The van der Waals surface area contributed by atoms with Gasteiger partial charge in [-0.2, -0.15) is 0 Å². The summed E-state index contributed by atoms with van der Waals surface area (Å²) >= 11 is 0. The fourth-order valence-electron chi connectivity index (χ4n) is 1.71. The molecule has 0 unspecified atom stereocenters. The molecule has 2 aromatic carbocycles. The van der Waals surface area contributed by atoms with Gasteiger partial charge in [-0.15, -0.1) is 0 Å². The molecule has 0 aromatic heterocycles. The van der Waals surface area contributed by atoms with Crippen molar-refractivity contribution in [2.45, 2.75) is 0 Å². The molecule has 2 N–H and O–H groups in total. The first kappa shape index (κ1) is 12.0. The van der Waals surface area contributed by atoms with E-state index in [0.717, 1.165) is 0 Å². The van der Waals surface area contributed by atoms with E-state index in [4.69, 9.17) is 0 Å². The Bertz CT molecular complexity index is 629. The Balaban J connectivity index is 2.56. The number of methoxy groups -OCH3 is 1. The van der Waals surface area contributed by atoms with E-state index in [1.165, 1.54) is 25.3 Å². The maximum Gasteiger partial charge on any atom is 0.330 e. The van der Waals surface area contributed by atoms with Gasteiger partial charge in [-0.3, -0.25) is 0 Å². The monoisotopic (exact) mass is 244 g/mol. The zero-order chi connectivity index (χ0) is 13.1. The molecule has 2 rings (SSSR count). The number of rotatable bonds is 2. The number of ether oxygens (including phenoxy) is 1. The quantitative estimate of drug-likeness (QED) is 0.483. The first-order valence-corrected chi connectivity index (χ1v) is 5.33. The van der Waals surface area contributed by atoms with Gasteiger partial charge in [0.15, 0.2) is 0 Å². The van der Waals surface area contributed by atoms with Crippen LogP contribution < -0.4 is 0 Å². The third-order valence-electron chi connectivity index (χ3n) is 2.62. The molecule has 18 heavy (non-hydrogen) atoms. The maximum atomic E-state index is 11.0. The number of phenolic OH excluding ortho intramolecular Hbond substituents is 2. The van der Waals surface area contributed by atoms with E-state index >= 15 is 0 Å². The van der Waals surface area contributed by atoms with E-state index in [2.05, 4.69) is 4.74 Å². The van der Waals surface area contributed by atoms with Gasteiger partial charge in [0.25, 0.3) is 0 Å². The predicted octanol–water partition coefficient (Wildman–Crippen LogP) is 2.44. The number of carbonyl (C=O) groups excluding carboxylic acids is 1. The summed E-state index contributed by atoms with van der Waals surface area (Å²) in [6.45, 7) is 0. The van der Waals surface area contributed by atoms with Crippen LogP contribution >= 0.6 is 0 Å². The third-order valence-corrected chi connectivity index (χ3v) is 2.62. The second kappa shape index (κ2) is 4.79. The van der Waals surface area contributed by atoms with Gasteiger partial charge in [-0.25, -0.2) is 4.79 Å². The number of phenols is 2. The lowest BCUT2D eigenvalue weighted by atomic mass is 10.0. The van der Waals surface area contributed by atoms with Gasteiger partial charge >= 0.3 is 5.97 Å². The number of carbonyl (C=O) groups is 1. The SMILES string of the molecule is COC(=O)C=Cc1cc(O)c2ccccc2c1O. The van der Waals surface area contributed by atoms with E-state index in [-0.39, 0.29) is 11.5 Å². The van der Waals surface area contributed by atoms with Crippen LogP contribution in [0.2, 0.25) is 0 Å². The van der Waals surface area contributed by atoms with Crippen LogP contribution in [0.25, 0.3) is 16.8 Å². The number of hydrogen-bond donors (Lipinski definition) is 2. The van der Waals surface area contributed by atoms with E-state index in [1.807, 2.05) is 0 Å². The van der Waals surface area contributed by atoms with Crippen molar-refractivity contribution >= 4 is 22.8 Å². The van der Waals surface area contributed by atoms with E-state index in [9.17, 15) is 15.0 Å². The van der Waals surface area contributed by atoms with Gasteiger partial charge in [0.2, 0.25) is 0 Å². The predicted molar refractivity (Wildman–Crippen MR) is 68.3 cm³/mol. The average Bonchev–Trinajstić information content (AvgIpc) is 2.41. The molecule has 0 bridgehead atoms. The molecule has 0 saturated heterocycles. The lowest BCUT2D eigenvalue weighted by Gasteiger charge is -2.06. The molecule has 0 radical (unpaired) electrons. The third kappa shape index (κ3) is 2.13. The molecule has 4 heteroatoms. The largest absolute Gasteiger partial charge is 0.507 e. The summed E-state index contributed by atoms with van der Waals surface area (Å²) in [5.74, 6) is -0.460. The lowest BCUT2D eigenvalue weighted by molar-refractivity contribution is -0.134. The molecular formula is C14H12O4. The lowest BCUT2D eigenvalue weighted by Crippen LogP contribution is -1.93. The van der Waals surface area contributed by atoms with Crippen molar-refractivity contribution in [3.05, 3.63) is 42.0 Å². The van der Waals surface area contributed by atoms with Crippen LogP contribution in [0.15, 0.2) is 36.4 Å². The van der Waals surface area contributed by atoms with Crippen LogP contribution in [0.5, 0.6) is 11.5 Å². The van der Waals surface area contributed by atoms with Crippen LogP contribution in [0.4, 0.5) is 0 Å². The minimum absolute atomic E-state index is 0.0172. The Hall–Kier alpha value is -2.49. The molecule has 0 aliphatic heterocycles. The van der Waals surface area contributed by atoms with Crippen molar-refractivity contribution in [1.29, 1.82) is 0 Å². The summed E-state index contributed by atoms with van der Waals surface area (Å²) in [5, 5.41) is 21.0. The topological polar surface area (TPSA) is 66.8 Å². The van der Waals surface area contributed by atoms with Gasteiger partial charge in [0, 0.05) is 22.4 Å². The molecule has 0 fully saturated rings. The van der Waals surface area contributed by atoms with Crippen molar-refractivity contribution < 1.29 is 19.7 Å². The summed E-state index contributed by atoms with van der Waals surface area (Å²) in [5.41, 5.74) is 0.358. The highest BCUT2D eigenvalue weighted by Gasteiger charge is 2.08. The summed E-state index contributed by atoms with van der Waals surface area (Å²) in [6.07, 6.45) is 2.58. The number of esters is 1. The second-order valence-electron chi connectivity index (χ2n) is 3.74. The molecule has 0 aliphatic rings. The van der Waals surface area contributed by atoms with E-state index in [0.29, 0.717) is 16.3 Å². The Kier molecular flexibility index (Phi) is 3.19. The fraction of sp³-hybridized carbons (Fsp3) is 0.0714. The summed E-state index contributed by atoms with van der Waals surface area (Å²) < 4.78 is 4.46. The Morgan fingerprint density at radius 2 is 1.89 bits per heavy atom. The van der Waals surface area contributed by atoms with Crippen LogP contribution in [-0.2, 0) is 9.53 Å². The Labute approximate surface area is 104 Å². The normalized spacial score (nSPS) is 10.9. The molecule has 0 atom stereocenters. The summed E-state index contributed by atoms with van der Waals surface area (Å²) in [7, 11) is 1.27. The van der Waals surface area contributed by atoms with Crippen LogP contribution in [0.1, 0.15) is 5.56 Å². The molecule has 0 saturated carbocycles. The fourth-order valence-corrected chi connectivity index (χ4v) is 1.71. The molecule has 0 spiro atoms. The molecule has 0 heterocycles. The first-order chi connectivity index (χ1) is 8.63. The summed E-state index contributed by atoms with van der Waals surface area (Å²) in [4.78, 5) is 11.0. The molecular weight excluding hydrogens is 232 g/mol. The van der Waals surface area contributed by atoms with Crippen LogP contribution in [0, 0.1) is 0 Å². The average molecular weight is 244 g/mol. The van der Waals surface area contributed by atoms with Crippen LogP contribution in [0.3, 0.4) is 0 Å². The molecule has 2 aromatic rings. The highest BCUT2D eigenvalue weighted by molar-refractivity contribution is 5.97. The van der Waals surface area contributed by atoms with Crippen molar-refractivity contribution in [2.24, 2.45) is 0 Å². The number of benzene rings is 2. The Morgan fingerprint density at radius 3 is 2.56 bits per heavy atom.